The van der Waals surface area contributed by atoms with Gasteiger partial charge in [0.25, 0.3) is 0 Å². The number of hydrogen-bond acceptors (Lipinski definition) is 3. The van der Waals surface area contributed by atoms with E-state index in [-0.39, 0.29) is 18.1 Å². The van der Waals surface area contributed by atoms with Crippen LogP contribution in [0.4, 0.5) is 14.5 Å². The number of carbonyl (C=O) groups is 1. The summed E-state index contributed by atoms with van der Waals surface area (Å²) in [7, 11) is 0. The van der Waals surface area contributed by atoms with E-state index in [0.29, 0.717) is 0 Å². The Hall–Kier alpha value is -1.53. The monoisotopic (exact) mass is 283 g/mol. The number of nitrogens with zero attached hydrogens (tertiary/aromatic N) is 2. The molecule has 1 heterocycles. The van der Waals surface area contributed by atoms with Gasteiger partial charge in [-0.05, 0) is 18.7 Å². The Bertz CT molecular complexity index is 473. The third-order valence-corrected chi connectivity index (χ3v) is 3.48. The molecule has 20 heavy (non-hydrogen) atoms. The van der Waals surface area contributed by atoms with Crippen LogP contribution >= 0.6 is 0 Å². The minimum absolute atomic E-state index is 0.207. The number of anilines is 1. The van der Waals surface area contributed by atoms with Gasteiger partial charge < -0.3 is 10.2 Å². The molecule has 4 nitrogen and oxygen atoms in total. The first kappa shape index (κ1) is 14.9. The van der Waals surface area contributed by atoms with Gasteiger partial charge in [-0.1, -0.05) is 6.92 Å². The van der Waals surface area contributed by atoms with Crippen molar-refractivity contribution >= 4 is 11.6 Å². The highest BCUT2D eigenvalue weighted by molar-refractivity contribution is 5.92. The van der Waals surface area contributed by atoms with E-state index in [1.165, 1.54) is 6.07 Å². The van der Waals surface area contributed by atoms with Gasteiger partial charge in [0, 0.05) is 37.9 Å². The Balaban J connectivity index is 1.82. The fraction of sp³-hybridized carbons (Fsp3) is 0.500. The van der Waals surface area contributed by atoms with E-state index in [9.17, 15) is 13.6 Å². The Labute approximate surface area is 117 Å². The lowest BCUT2D eigenvalue weighted by atomic mass is 10.3. The summed E-state index contributed by atoms with van der Waals surface area (Å²) in [6.45, 7) is 7.01. The highest BCUT2D eigenvalue weighted by atomic mass is 19.2. The molecule has 0 saturated carbocycles. The van der Waals surface area contributed by atoms with Crippen LogP contribution in [0.1, 0.15) is 6.92 Å². The van der Waals surface area contributed by atoms with Crippen LogP contribution in [-0.4, -0.2) is 55.0 Å². The molecular formula is C14H19F2N3O. The summed E-state index contributed by atoms with van der Waals surface area (Å²) in [6, 6.07) is 3.35. The van der Waals surface area contributed by atoms with Gasteiger partial charge in [0.2, 0.25) is 5.91 Å². The lowest BCUT2D eigenvalue weighted by molar-refractivity contribution is -0.117. The maximum atomic E-state index is 13.0. The van der Waals surface area contributed by atoms with E-state index in [1.54, 1.807) is 0 Å². The summed E-state index contributed by atoms with van der Waals surface area (Å²) in [4.78, 5) is 16.2. The summed E-state index contributed by atoms with van der Waals surface area (Å²) >= 11 is 0. The SMILES string of the molecule is CCN1CCN(CC(=O)Nc2ccc(F)c(F)c2)CC1. The Kier molecular flexibility index (Phi) is 5.03. The van der Waals surface area contributed by atoms with Crippen LogP contribution in [0, 0.1) is 11.6 Å². The molecule has 1 aromatic rings. The van der Waals surface area contributed by atoms with Crippen molar-refractivity contribution in [3.8, 4) is 0 Å². The first-order valence-electron chi connectivity index (χ1n) is 6.78. The van der Waals surface area contributed by atoms with Gasteiger partial charge in [-0.25, -0.2) is 8.78 Å². The van der Waals surface area contributed by atoms with Crippen molar-refractivity contribution < 1.29 is 13.6 Å². The summed E-state index contributed by atoms with van der Waals surface area (Å²) in [5.41, 5.74) is 0.279. The van der Waals surface area contributed by atoms with Gasteiger partial charge in [-0.15, -0.1) is 0 Å². The standard InChI is InChI=1S/C14H19F2N3O/c1-2-18-5-7-19(8-6-18)10-14(20)17-11-3-4-12(15)13(16)9-11/h3-4,9H,2,5-8,10H2,1H3,(H,17,20). The fourth-order valence-electron chi connectivity index (χ4n) is 2.24. The highest BCUT2D eigenvalue weighted by Crippen LogP contribution is 2.13. The number of rotatable bonds is 4. The normalized spacial score (nSPS) is 17.1. The molecule has 1 aliphatic rings. The lowest BCUT2D eigenvalue weighted by Crippen LogP contribution is -2.48. The second kappa shape index (κ2) is 6.76. The van der Waals surface area contributed by atoms with E-state index in [4.69, 9.17) is 0 Å². The van der Waals surface area contributed by atoms with Gasteiger partial charge in [-0.3, -0.25) is 9.69 Å². The van der Waals surface area contributed by atoms with Crippen molar-refractivity contribution in [1.29, 1.82) is 0 Å². The van der Waals surface area contributed by atoms with Crippen molar-refractivity contribution in [1.82, 2.24) is 9.80 Å². The molecule has 1 saturated heterocycles. The minimum atomic E-state index is -0.959. The third kappa shape index (κ3) is 3.98. The summed E-state index contributed by atoms with van der Waals surface area (Å²) in [5.74, 6) is -2.08. The second-order valence-corrected chi connectivity index (χ2v) is 4.89. The molecule has 0 unspecified atom stereocenters. The number of halogens is 2. The van der Waals surface area contributed by atoms with Crippen LogP contribution in [0.2, 0.25) is 0 Å². The van der Waals surface area contributed by atoms with Crippen LogP contribution in [0.25, 0.3) is 0 Å². The fourth-order valence-corrected chi connectivity index (χ4v) is 2.24. The van der Waals surface area contributed by atoms with E-state index >= 15 is 0 Å². The largest absolute Gasteiger partial charge is 0.325 e. The number of amides is 1. The molecule has 6 heteroatoms. The molecular weight excluding hydrogens is 264 g/mol. The first-order chi connectivity index (χ1) is 9.58. The third-order valence-electron chi connectivity index (χ3n) is 3.48. The molecule has 0 spiro atoms. The lowest BCUT2D eigenvalue weighted by Gasteiger charge is -2.33. The zero-order valence-corrected chi connectivity index (χ0v) is 11.5. The molecule has 0 aromatic heterocycles. The molecule has 110 valence electrons. The Morgan fingerprint density at radius 2 is 1.80 bits per heavy atom. The van der Waals surface area contributed by atoms with Crippen LogP contribution in [0.15, 0.2) is 18.2 Å². The van der Waals surface area contributed by atoms with Crippen LogP contribution in [0.5, 0.6) is 0 Å². The smallest absolute Gasteiger partial charge is 0.238 e. The van der Waals surface area contributed by atoms with Crippen molar-refractivity contribution in [2.24, 2.45) is 0 Å². The quantitative estimate of drug-likeness (QED) is 0.910. The predicted octanol–water partition coefficient (Wildman–Crippen LogP) is 1.54. The number of likely N-dealkylation sites (N-methyl/N-ethyl adjacent to an activating group) is 1. The molecule has 0 radical (unpaired) electrons. The average Bonchev–Trinajstić information content (AvgIpc) is 2.44. The van der Waals surface area contributed by atoms with Crippen LogP contribution in [-0.2, 0) is 4.79 Å². The van der Waals surface area contributed by atoms with Crippen molar-refractivity contribution in [3.63, 3.8) is 0 Å². The van der Waals surface area contributed by atoms with E-state index < -0.39 is 11.6 Å². The molecule has 1 N–H and O–H groups in total. The number of benzene rings is 1. The zero-order chi connectivity index (χ0) is 14.5. The second-order valence-electron chi connectivity index (χ2n) is 4.89. The van der Waals surface area contributed by atoms with Crippen molar-refractivity contribution in [2.45, 2.75) is 6.92 Å². The minimum Gasteiger partial charge on any atom is -0.325 e. The van der Waals surface area contributed by atoms with Gasteiger partial charge in [0.05, 0.1) is 6.54 Å². The zero-order valence-electron chi connectivity index (χ0n) is 11.5. The van der Waals surface area contributed by atoms with E-state index in [2.05, 4.69) is 22.0 Å². The number of carbonyl (C=O) groups excluding carboxylic acids is 1. The van der Waals surface area contributed by atoms with E-state index in [0.717, 1.165) is 44.9 Å². The van der Waals surface area contributed by atoms with Gasteiger partial charge >= 0.3 is 0 Å². The first-order valence-corrected chi connectivity index (χ1v) is 6.78. The highest BCUT2D eigenvalue weighted by Gasteiger charge is 2.17. The Morgan fingerprint density at radius 1 is 1.15 bits per heavy atom. The molecule has 0 bridgehead atoms. The average molecular weight is 283 g/mol. The maximum Gasteiger partial charge on any atom is 0.238 e. The van der Waals surface area contributed by atoms with Gasteiger partial charge in [0.1, 0.15) is 0 Å². The maximum absolute atomic E-state index is 13.0. The molecule has 0 atom stereocenters. The van der Waals surface area contributed by atoms with Crippen LogP contribution < -0.4 is 5.32 Å². The number of nitrogens with one attached hydrogen (secondary N) is 1. The summed E-state index contributed by atoms with van der Waals surface area (Å²) in [6.07, 6.45) is 0. The van der Waals surface area contributed by atoms with E-state index in [1.807, 2.05) is 0 Å². The number of hydrogen-bond donors (Lipinski definition) is 1. The molecule has 1 aliphatic heterocycles. The molecule has 1 fully saturated rings. The van der Waals surface area contributed by atoms with Crippen molar-refractivity contribution in [3.05, 3.63) is 29.8 Å². The predicted molar refractivity (Wildman–Crippen MR) is 73.5 cm³/mol. The topological polar surface area (TPSA) is 35.6 Å². The molecule has 1 aromatic carbocycles. The molecule has 1 amide bonds. The summed E-state index contributed by atoms with van der Waals surface area (Å²) in [5, 5.41) is 2.58. The van der Waals surface area contributed by atoms with Crippen molar-refractivity contribution in [2.75, 3.05) is 44.6 Å². The Morgan fingerprint density at radius 3 is 2.40 bits per heavy atom. The van der Waals surface area contributed by atoms with Gasteiger partial charge in [0.15, 0.2) is 11.6 Å². The summed E-state index contributed by atoms with van der Waals surface area (Å²) < 4.78 is 25.8. The van der Waals surface area contributed by atoms with Gasteiger partial charge in [-0.2, -0.15) is 0 Å². The molecule has 2 rings (SSSR count). The number of piperazine rings is 1. The molecule has 0 aliphatic carbocycles. The van der Waals surface area contributed by atoms with Crippen LogP contribution in [0.3, 0.4) is 0 Å².